The number of nitrogens with two attached hydrogens (primary N) is 1. The van der Waals surface area contributed by atoms with Crippen molar-refractivity contribution in [2.24, 2.45) is 11.7 Å². The molecular formula is C16H25N3O4S. The molecule has 1 aliphatic carbocycles. The van der Waals surface area contributed by atoms with Gasteiger partial charge in [0.1, 0.15) is 17.5 Å². The molecule has 0 bridgehead atoms. The van der Waals surface area contributed by atoms with E-state index in [-0.39, 0.29) is 23.1 Å². The van der Waals surface area contributed by atoms with E-state index in [0.29, 0.717) is 0 Å². The summed E-state index contributed by atoms with van der Waals surface area (Å²) in [6, 6.07) is -2.12. The molecule has 2 aliphatic heterocycles. The minimum Gasteiger partial charge on any atom is -0.480 e. The molecule has 4 atom stereocenters. The van der Waals surface area contributed by atoms with Crippen LogP contribution in [-0.4, -0.2) is 56.0 Å². The lowest BCUT2D eigenvalue weighted by Gasteiger charge is -2.44. The standard InChI is InChI=1S/C16H25N3O4S/c1-16(2)11(15(22)23)19-13(21)10(14(19)24-16)18-12(20)9(17)8-6-4-3-5-7-8/h8-11,14H,3-7,17H2,1-2H3,(H,18,20)(H,22,23)/t9?,10-,11+,14-/m1/s1. The second kappa shape index (κ2) is 6.22. The number of nitrogens with zero attached hydrogens (tertiary/aromatic N) is 1. The first-order valence-electron chi connectivity index (χ1n) is 8.53. The summed E-state index contributed by atoms with van der Waals surface area (Å²) in [5, 5.41) is 11.8. The lowest BCUT2D eigenvalue weighted by Crippen LogP contribution is -2.71. The molecule has 0 spiro atoms. The van der Waals surface area contributed by atoms with Crippen LogP contribution in [0.4, 0.5) is 0 Å². The maximum absolute atomic E-state index is 12.4. The Kier molecular flexibility index (Phi) is 4.55. The Hall–Kier alpha value is -1.28. The van der Waals surface area contributed by atoms with Crippen molar-refractivity contribution >= 4 is 29.5 Å². The fourth-order valence-electron chi connectivity index (χ4n) is 4.10. The summed E-state index contributed by atoms with van der Waals surface area (Å²) in [6.07, 6.45) is 5.27. The van der Waals surface area contributed by atoms with Gasteiger partial charge in [-0.25, -0.2) is 4.79 Å². The monoisotopic (exact) mass is 355 g/mol. The average Bonchev–Trinajstić information content (AvgIpc) is 2.80. The predicted octanol–water partition coefficient (Wildman–Crippen LogP) is 0.526. The van der Waals surface area contributed by atoms with Gasteiger partial charge in [0.05, 0.1) is 6.04 Å². The molecule has 3 rings (SSSR count). The van der Waals surface area contributed by atoms with Gasteiger partial charge in [-0.2, -0.15) is 0 Å². The van der Waals surface area contributed by atoms with Gasteiger partial charge < -0.3 is 21.1 Å². The van der Waals surface area contributed by atoms with E-state index in [0.717, 1.165) is 25.7 Å². The van der Waals surface area contributed by atoms with Crippen LogP contribution in [0.5, 0.6) is 0 Å². The number of hydrogen-bond donors (Lipinski definition) is 3. The Bertz CT molecular complexity index is 562. The molecule has 24 heavy (non-hydrogen) atoms. The first kappa shape index (κ1) is 17.5. The molecule has 8 heteroatoms. The largest absolute Gasteiger partial charge is 0.480 e. The highest BCUT2D eigenvalue weighted by Gasteiger charge is 2.64. The molecule has 7 nitrogen and oxygen atoms in total. The van der Waals surface area contributed by atoms with E-state index in [2.05, 4.69) is 5.32 Å². The van der Waals surface area contributed by atoms with E-state index in [1.165, 1.54) is 23.1 Å². The fraction of sp³-hybridized carbons (Fsp3) is 0.812. The van der Waals surface area contributed by atoms with Gasteiger partial charge in [-0.3, -0.25) is 9.59 Å². The van der Waals surface area contributed by atoms with Crippen LogP contribution in [0.25, 0.3) is 0 Å². The smallest absolute Gasteiger partial charge is 0.327 e. The molecule has 1 saturated carbocycles. The molecule has 0 radical (unpaired) electrons. The van der Waals surface area contributed by atoms with E-state index < -0.39 is 28.8 Å². The van der Waals surface area contributed by atoms with Gasteiger partial charge in [0, 0.05) is 4.75 Å². The molecule has 0 aromatic heterocycles. The van der Waals surface area contributed by atoms with E-state index >= 15 is 0 Å². The number of rotatable bonds is 4. The lowest BCUT2D eigenvalue weighted by molar-refractivity contribution is -0.161. The summed E-state index contributed by atoms with van der Waals surface area (Å²) in [6.45, 7) is 3.63. The second-order valence-corrected chi connectivity index (χ2v) is 9.28. The number of thioether (sulfide) groups is 1. The molecule has 2 heterocycles. The first-order chi connectivity index (χ1) is 11.2. The van der Waals surface area contributed by atoms with Gasteiger partial charge in [-0.15, -0.1) is 11.8 Å². The Morgan fingerprint density at radius 2 is 1.96 bits per heavy atom. The number of carboxylic acids is 1. The molecule has 4 N–H and O–H groups in total. The molecule has 134 valence electrons. The third-order valence-corrected chi connectivity index (χ3v) is 7.00. The van der Waals surface area contributed by atoms with Crippen LogP contribution in [0.1, 0.15) is 46.0 Å². The number of carbonyl (C=O) groups excluding carboxylic acids is 2. The van der Waals surface area contributed by atoms with Crippen LogP contribution >= 0.6 is 11.8 Å². The van der Waals surface area contributed by atoms with Crippen molar-refractivity contribution in [1.29, 1.82) is 0 Å². The predicted molar refractivity (Wildman–Crippen MR) is 90.2 cm³/mol. The summed E-state index contributed by atoms with van der Waals surface area (Å²) in [5.41, 5.74) is 6.09. The normalized spacial score (nSPS) is 33.5. The number of hydrogen-bond acceptors (Lipinski definition) is 5. The van der Waals surface area contributed by atoms with Crippen LogP contribution in [0.2, 0.25) is 0 Å². The molecule has 3 fully saturated rings. The Morgan fingerprint density at radius 1 is 1.33 bits per heavy atom. The van der Waals surface area contributed by atoms with Crippen LogP contribution in [-0.2, 0) is 14.4 Å². The topological polar surface area (TPSA) is 113 Å². The van der Waals surface area contributed by atoms with E-state index in [1.54, 1.807) is 0 Å². The highest BCUT2D eigenvalue weighted by molar-refractivity contribution is 8.01. The number of fused-ring (bicyclic) bond motifs is 1. The van der Waals surface area contributed by atoms with Crippen molar-refractivity contribution in [2.45, 2.75) is 74.2 Å². The fourth-order valence-corrected chi connectivity index (χ4v) is 5.73. The van der Waals surface area contributed by atoms with Gasteiger partial charge in [-0.05, 0) is 32.6 Å². The number of aliphatic carboxylic acids is 1. The maximum Gasteiger partial charge on any atom is 0.327 e. The zero-order chi connectivity index (χ0) is 17.6. The quantitative estimate of drug-likeness (QED) is 0.634. The Balaban J connectivity index is 1.64. The van der Waals surface area contributed by atoms with Gasteiger partial charge in [0.15, 0.2) is 0 Å². The van der Waals surface area contributed by atoms with Gasteiger partial charge in [0.2, 0.25) is 11.8 Å². The van der Waals surface area contributed by atoms with Crippen molar-refractivity contribution in [3.05, 3.63) is 0 Å². The molecule has 2 amide bonds. The van der Waals surface area contributed by atoms with Crippen LogP contribution in [0.3, 0.4) is 0 Å². The lowest BCUT2D eigenvalue weighted by atomic mass is 9.84. The molecule has 2 saturated heterocycles. The number of nitrogens with one attached hydrogen (secondary N) is 1. The summed E-state index contributed by atoms with van der Waals surface area (Å²) < 4.78 is -0.586. The van der Waals surface area contributed by atoms with Crippen LogP contribution in [0.15, 0.2) is 0 Å². The van der Waals surface area contributed by atoms with Gasteiger partial charge in [-0.1, -0.05) is 19.3 Å². The van der Waals surface area contributed by atoms with Crippen LogP contribution in [0, 0.1) is 5.92 Å². The SMILES string of the molecule is CC1(C)S[C@@H]2[C@H](NC(=O)C(N)C3CCCCC3)C(=O)N2[C@H]1C(=O)O. The number of amides is 2. The maximum atomic E-state index is 12.4. The second-order valence-electron chi connectivity index (χ2n) is 7.51. The van der Waals surface area contributed by atoms with E-state index in [4.69, 9.17) is 5.73 Å². The highest BCUT2D eigenvalue weighted by Crippen LogP contribution is 2.50. The van der Waals surface area contributed by atoms with Gasteiger partial charge in [0.25, 0.3) is 0 Å². The number of carboxylic acid groups (broad SMARTS) is 1. The number of carbonyl (C=O) groups is 3. The average molecular weight is 355 g/mol. The molecule has 0 aromatic rings. The first-order valence-corrected chi connectivity index (χ1v) is 9.41. The Morgan fingerprint density at radius 3 is 2.54 bits per heavy atom. The zero-order valence-corrected chi connectivity index (χ0v) is 14.8. The van der Waals surface area contributed by atoms with E-state index in [9.17, 15) is 19.5 Å². The molecular weight excluding hydrogens is 330 g/mol. The minimum absolute atomic E-state index is 0.171. The zero-order valence-electron chi connectivity index (χ0n) is 14.0. The summed E-state index contributed by atoms with van der Waals surface area (Å²) in [7, 11) is 0. The van der Waals surface area contributed by atoms with Crippen molar-refractivity contribution in [3.8, 4) is 0 Å². The molecule has 1 unspecified atom stereocenters. The molecule has 0 aromatic carbocycles. The van der Waals surface area contributed by atoms with Crippen molar-refractivity contribution in [1.82, 2.24) is 10.2 Å². The van der Waals surface area contributed by atoms with E-state index in [1.807, 2.05) is 13.8 Å². The van der Waals surface area contributed by atoms with Crippen molar-refractivity contribution < 1.29 is 19.5 Å². The highest BCUT2D eigenvalue weighted by atomic mass is 32.2. The summed E-state index contributed by atoms with van der Waals surface area (Å²) in [4.78, 5) is 37.7. The minimum atomic E-state index is -1.01. The third kappa shape index (κ3) is 2.79. The van der Waals surface area contributed by atoms with Crippen molar-refractivity contribution in [2.75, 3.05) is 0 Å². The van der Waals surface area contributed by atoms with Crippen LogP contribution < -0.4 is 11.1 Å². The van der Waals surface area contributed by atoms with Gasteiger partial charge >= 0.3 is 5.97 Å². The Labute approximate surface area is 145 Å². The number of β-lactam (4-membered cyclic amide) rings is 1. The van der Waals surface area contributed by atoms with Crippen molar-refractivity contribution in [3.63, 3.8) is 0 Å². The summed E-state index contributed by atoms with van der Waals surface area (Å²) >= 11 is 1.42. The summed E-state index contributed by atoms with van der Waals surface area (Å²) in [5.74, 6) is -1.46. The molecule has 3 aliphatic rings. The third-order valence-electron chi connectivity index (χ3n) is 5.43.